The van der Waals surface area contributed by atoms with Gasteiger partial charge in [-0.2, -0.15) is 0 Å². The van der Waals surface area contributed by atoms with Gasteiger partial charge in [-0.15, -0.1) is 0 Å². The molecule has 4 nitrogen and oxygen atoms in total. The first kappa shape index (κ1) is 17.8. The molecule has 1 aliphatic heterocycles. The first-order valence-electron chi connectivity index (χ1n) is 8.63. The number of nitrogens with zero attached hydrogens (tertiary/aromatic N) is 1. The van der Waals surface area contributed by atoms with E-state index in [9.17, 15) is 4.79 Å². The first-order chi connectivity index (χ1) is 10.9. The summed E-state index contributed by atoms with van der Waals surface area (Å²) in [6, 6.07) is 10.8. The molecule has 0 spiro atoms. The lowest BCUT2D eigenvalue weighted by Crippen LogP contribution is -2.51. The molecule has 128 valence electrons. The van der Waals surface area contributed by atoms with Crippen LogP contribution in [-0.2, 0) is 11.3 Å². The molecule has 1 fully saturated rings. The first-order valence-corrected chi connectivity index (χ1v) is 8.63. The number of ether oxygens (including phenoxy) is 1. The van der Waals surface area contributed by atoms with Gasteiger partial charge in [0, 0.05) is 25.7 Å². The zero-order chi connectivity index (χ0) is 16.9. The third-order valence-electron chi connectivity index (χ3n) is 4.29. The van der Waals surface area contributed by atoms with Crippen molar-refractivity contribution in [1.82, 2.24) is 10.2 Å². The molecule has 1 aliphatic rings. The number of hydrogen-bond acceptors (Lipinski definition) is 3. The number of amides is 1. The molecule has 1 saturated heterocycles. The number of rotatable bonds is 4. The average molecular weight is 318 g/mol. The minimum Gasteiger partial charge on any atom is -0.444 e. The van der Waals surface area contributed by atoms with E-state index in [0.717, 1.165) is 32.5 Å². The second-order valence-corrected chi connectivity index (χ2v) is 7.43. The van der Waals surface area contributed by atoms with E-state index >= 15 is 0 Å². The van der Waals surface area contributed by atoms with Gasteiger partial charge in [0.1, 0.15) is 5.60 Å². The van der Waals surface area contributed by atoms with Gasteiger partial charge < -0.3 is 10.1 Å². The second-order valence-electron chi connectivity index (χ2n) is 7.43. The number of alkyl carbamates (subject to hydrolysis) is 1. The molecule has 1 heterocycles. The van der Waals surface area contributed by atoms with Crippen molar-refractivity contribution in [3.05, 3.63) is 35.9 Å². The molecule has 2 rings (SSSR count). The molecule has 1 aromatic carbocycles. The third-order valence-corrected chi connectivity index (χ3v) is 4.29. The van der Waals surface area contributed by atoms with E-state index in [2.05, 4.69) is 47.5 Å². The van der Waals surface area contributed by atoms with Crippen molar-refractivity contribution in [2.45, 2.75) is 58.7 Å². The molecule has 0 bridgehead atoms. The van der Waals surface area contributed by atoms with E-state index in [1.807, 2.05) is 20.8 Å². The second kappa shape index (κ2) is 7.82. The lowest BCUT2D eigenvalue weighted by molar-refractivity contribution is 0.0428. The summed E-state index contributed by atoms with van der Waals surface area (Å²) in [4.78, 5) is 14.5. The van der Waals surface area contributed by atoms with E-state index < -0.39 is 5.60 Å². The summed E-state index contributed by atoms with van der Waals surface area (Å²) < 4.78 is 5.39. The topological polar surface area (TPSA) is 41.6 Å². The van der Waals surface area contributed by atoms with Gasteiger partial charge in [-0.25, -0.2) is 4.79 Å². The number of carbonyl (C=O) groups is 1. The maximum Gasteiger partial charge on any atom is 0.407 e. The van der Waals surface area contributed by atoms with Crippen molar-refractivity contribution >= 4 is 6.09 Å². The Balaban J connectivity index is 1.87. The predicted octanol–water partition coefficient (Wildman–Crippen LogP) is 3.81. The predicted molar refractivity (Wildman–Crippen MR) is 93.3 cm³/mol. The fourth-order valence-corrected chi connectivity index (χ4v) is 3.16. The summed E-state index contributed by atoms with van der Waals surface area (Å²) in [5.74, 6) is 0.472. The van der Waals surface area contributed by atoms with Crippen molar-refractivity contribution in [2.24, 2.45) is 5.92 Å². The van der Waals surface area contributed by atoms with Crippen LogP contribution in [0.4, 0.5) is 4.79 Å². The van der Waals surface area contributed by atoms with Gasteiger partial charge in [-0.3, -0.25) is 4.90 Å². The zero-order valence-corrected chi connectivity index (χ0v) is 14.8. The van der Waals surface area contributed by atoms with E-state index in [1.165, 1.54) is 5.56 Å². The summed E-state index contributed by atoms with van der Waals surface area (Å²) in [5, 5.41) is 3.07. The Hall–Kier alpha value is -1.55. The molecular formula is C19H30N2O2. The van der Waals surface area contributed by atoms with Crippen LogP contribution in [0.15, 0.2) is 30.3 Å². The number of carbonyl (C=O) groups excluding carboxylic acids is 1. The van der Waals surface area contributed by atoms with Crippen LogP contribution in [0.5, 0.6) is 0 Å². The molecule has 1 N–H and O–H groups in total. The lowest BCUT2D eigenvalue weighted by Gasteiger charge is -2.38. The highest BCUT2D eigenvalue weighted by atomic mass is 16.6. The Labute approximate surface area is 140 Å². The van der Waals surface area contributed by atoms with Gasteiger partial charge in [0.05, 0.1) is 0 Å². The smallest absolute Gasteiger partial charge is 0.407 e. The summed E-state index contributed by atoms with van der Waals surface area (Å²) >= 11 is 0. The number of hydrogen-bond donors (Lipinski definition) is 1. The quantitative estimate of drug-likeness (QED) is 0.918. The van der Waals surface area contributed by atoms with Crippen LogP contribution in [0.1, 0.15) is 46.1 Å². The Morgan fingerprint density at radius 1 is 1.30 bits per heavy atom. The van der Waals surface area contributed by atoms with Crippen LogP contribution in [0.25, 0.3) is 0 Å². The lowest BCUT2D eigenvalue weighted by atomic mass is 9.89. The Morgan fingerprint density at radius 2 is 2.00 bits per heavy atom. The van der Waals surface area contributed by atoms with E-state index in [1.54, 1.807) is 0 Å². The summed E-state index contributed by atoms with van der Waals surface area (Å²) in [6.07, 6.45) is 1.74. The summed E-state index contributed by atoms with van der Waals surface area (Å²) in [6.45, 7) is 10.9. The normalized spacial score (nSPS) is 22.6. The van der Waals surface area contributed by atoms with Gasteiger partial charge in [-0.05, 0) is 38.7 Å². The molecule has 1 amide bonds. The molecule has 2 atom stereocenters. The van der Waals surface area contributed by atoms with Crippen molar-refractivity contribution in [2.75, 3.05) is 13.1 Å². The number of benzene rings is 1. The number of nitrogens with one attached hydrogen (secondary N) is 1. The van der Waals surface area contributed by atoms with Crippen molar-refractivity contribution in [3.63, 3.8) is 0 Å². The van der Waals surface area contributed by atoms with E-state index in [4.69, 9.17) is 4.74 Å². The van der Waals surface area contributed by atoms with Crippen LogP contribution in [0.2, 0.25) is 0 Å². The van der Waals surface area contributed by atoms with Crippen LogP contribution in [0.3, 0.4) is 0 Å². The highest BCUT2D eigenvalue weighted by molar-refractivity contribution is 5.68. The monoisotopic (exact) mass is 318 g/mol. The van der Waals surface area contributed by atoms with E-state index in [0.29, 0.717) is 5.92 Å². The summed E-state index contributed by atoms with van der Waals surface area (Å²) in [7, 11) is 0. The van der Waals surface area contributed by atoms with Crippen molar-refractivity contribution in [1.29, 1.82) is 0 Å². The molecule has 1 aromatic rings. The third kappa shape index (κ3) is 5.87. The van der Waals surface area contributed by atoms with Crippen LogP contribution < -0.4 is 5.32 Å². The molecule has 23 heavy (non-hydrogen) atoms. The minimum atomic E-state index is -0.445. The molecule has 0 saturated carbocycles. The highest BCUT2D eigenvalue weighted by Crippen LogP contribution is 2.22. The largest absolute Gasteiger partial charge is 0.444 e. The van der Waals surface area contributed by atoms with Crippen LogP contribution in [0, 0.1) is 5.92 Å². The number of likely N-dealkylation sites (tertiary alicyclic amines) is 1. The standard InChI is InChI=1S/C19H30N2O2/c1-5-16-14-21(13-15-9-7-6-8-10-15)12-11-17(16)20-18(22)23-19(2,3)4/h6-10,16-17H,5,11-14H2,1-4H3,(H,20,22)/t16-,17-/m0/s1. The Morgan fingerprint density at radius 3 is 2.61 bits per heavy atom. The van der Waals surface area contributed by atoms with Gasteiger partial charge >= 0.3 is 6.09 Å². The Kier molecular flexibility index (Phi) is 6.05. The van der Waals surface area contributed by atoms with Crippen molar-refractivity contribution < 1.29 is 9.53 Å². The van der Waals surface area contributed by atoms with Gasteiger partial charge in [0.2, 0.25) is 0 Å². The maximum atomic E-state index is 12.0. The van der Waals surface area contributed by atoms with Gasteiger partial charge in [0.15, 0.2) is 0 Å². The Bertz CT molecular complexity index is 496. The zero-order valence-electron chi connectivity index (χ0n) is 14.8. The van der Waals surface area contributed by atoms with E-state index in [-0.39, 0.29) is 12.1 Å². The highest BCUT2D eigenvalue weighted by Gasteiger charge is 2.30. The van der Waals surface area contributed by atoms with Crippen LogP contribution in [-0.4, -0.2) is 35.7 Å². The number of piperidine rings is 1. The van der Waals surface area contributed by atoms with Crippen LogP contribution >= 0.6 is 0 Å². The molecule has 0 aromatic heterocycles. The molecule has 0 radical (unpaired) electrons. The van der Waals surface area contributed by atoms with Gasteiger partial charge in [-0.1, -0.05) is 43.7 Å². The SMILES string of the molecule is CC[C@H]1CN(Cc2ccccc2)CC[C@@H]1NC(=O)OC(C)(C)C. The summed E-state index contributed by atoms with van der Waals surface area (Å²) in [5.41, 5.74) is 0.903. The minimum absolute atomic E-state index is 0.210. The molecule has 4 heteroatoms. The average Bonchev–Trinajstić information content (AvgIpc) is 2.48. The fourth-order valence-electron chi connectivity index (χ4n) is 3.16. The molecule has 0 unspecified atom stereocenters. The fraction of sp³-hybridized carbons (Fsp3) is 0.632. The molecule has 0 aliphatic carbocycles. The van der Waals surface area contributed by atoms with Crippen molar-refractivity contribution in [3.8, 4) is 0 Å². The van der Waals surface area contributed by atoms with Gasteiger partial charge in [0.25, 0.3) is 0 Å². The molecular weight excluding hydrogens is 288 g/mol. The maximum absolute atomic E-state index is 12.0.